The predicted molar refractivity (Wildman–Crippen MR) is 68.3 cm³/mol. The summed E-state index contributed by atoms with van der Waals surface area (Å²) in [5, 5.41) is 7.60. The van der Waals surface area contributed by atoms with E-state index in [2.05, 4.69) is 10.3 Å². The fraction of sp³-hybridized carbons (Fsp3) is 0.250. The molecule has 2 rings (SSSR count). The van der Waals surface area contributed by atoms with Crippen molar-refractivity contribution in [3.05, 3.63) is 30.1 Å². The van der Waals surface area contributed by atoms with Gasteiger partial charge in [-0.1, -0.05) is 5.21 Å². The first-order chi connectivity index (χ1) is 9.15. The first kappa shape index (κ1) is 12.9. The maximum atomic E-state index is 11.5. The Bertz CT molecular complexity index is 594. The average molecular weight is 262 g/mol. The number of methoxy groups -OCH3 is 1. The standard InChI is InChI=1S/C12H14N4O3/c1-3-19-12(17)10-7-16(15-14-10)11-5-4-8(18-2)6-9(11)13/h4-7H,3,13H2,1-2H3. The normalized spacial score (nSPS) is 10.2. The largest absolute Gasteiger partial charge is 0.497 e. The molecule has 2 aromatic rings. The maximum absolute atomic E-state index is 11.5. The van der Waals surface area contributed by atoms with Gasteiger partial charge in [0.2, 0.25) is 0 Å². The highest BCUT2D eigenvalue weighted by Gasteiger charge is 2.13. The van der Waals surface area contributed by atoms with Gasteiger partial charge in [-0.25, -0.2) is 9.48 Å². The molecule has 0 saturated heterocycles. The van der Waals surface area contributed by atoms with Gasteiger partial charge >= 0.3 is 5.97 Å². The van der Waals surface area contributed by atoms with Crippen LogP contribution in [-0.2, 0) is 4.74 Å². The molecule has 0 unspecified atom stereocenters. The van der Waals surface area contributed by atoms with E-state index in [0.717, 1.165) is 0 Å². The fourth-order valence-electron chi connectivity index (χ4n) is 1.55. The summed E-state index contributed by atoms with van der Waals surface area (Å²) in [6, 6.07) is 5.15. The van der Waals surface area contributed by atoms with Crippen molar-refractivity contribution in [1.29, 1.82) is 0 Å². The van der Waals surface area contributed by atoms with Crippen LogP contribution in [0.3, 0.4) is 0 Å². The van der Waals surface area contributed by atoms with Crippen LogP contribution in [0.1, 0.15) is 17.4 Å². The van der Waals surface area contributed by atoms with Gasteiger partial charge in [0.1, 0.15) is 5.75 Å². The number of ether oxygens (including phenoxy) is 2. The zero-order valence-corrected chi connectivity index (χ0v) is 10.7. The number of nitrogens with two attached hydrogens (primary N) is 1. The highest BCUT2D eigenvalue weighted by atomic mass is 16.5. The van der Waals surface area contributed by atoms with Crippen molar-refractivity contribution in [2.24, 2.45) is 0 Å². The first-order valence-corrected chi connectivity index (χ1v) is 5.69. The second-order valence-corrected chi connectivity index (χ2v) is 3.69. The van der Waals surface area contributed by atoms with Crippen molar-refractivity contribution in [1.82, 2.24) is 15.0 Å². The molecular formula is C12H14N4O3. The molecule has 0 spiro atoms. The highest BCUT2D eigenvalue weighted by Crippen LogP contribution is 2.22. The number of aromatic nitrogens is 3. The summed E-state index contributed by atoms with van der Waals surface area (Å²) in [6.07, 6.45) is 1.47. The molecule has 100 valence electrons. The highest BCUT2D eigenvalue weighted by molar-refractivity contribution is 5.86. The minimum Gasteiger partial charge on any atom is -0.497 e. The number of carbonyl (C=O) groups is 1. The zero-order chi connectivity index (χ0) is 13.8. The maximum Gasteiger partial charge on any atom is 0.360 e. The van der Waals surface area contributed by atoms with Crippen molar-refractivity contribution in [2.75, 3.05) is 19.5 Å². The Hall–Kier alpha value is -2.57. The predicted octanol–water partition coefficient (Wildman–Crippen LogP) is 1.03. The number of esters is 1. The molecular weight excluding hydrogens is 248 g/mol. The zero-order valence-electron chi connectivity index (χ0n) is 10.7. The topological polar surface area (TPSA) is 92.3 Å². The van der Waals surface area contributed by atoms with Crippen LogP contribution in [0.5, 0.6) is 5.75 Å². The van der Waals surface area contributed by atoms with Crippen molar-refractivity contribution in [3.8, 4) is 11.4 Å². The molecule has 0 amide bonds. The van der Waals surface area contributed by atoms with E-state index in [1.165, 1.54) is 10.9 Å². The van der Waals surface area contributed by atoms with Crippen molar-refractivity contribution in [2.45, 2.75) is 6.92 Å². The molecule has 2 N–H and O–H groups in total. The van der Waals surface area contributed by atoms with Gasteiger partial charge in [0.05, 0.1) is 31.3 Å². The van der Waals surface area contributed by atoms with Gasteiger partial charge in [0, 0.05) is 6.07 Å². The van der Waals surface area contributed by atoms with Gasteiger partial charge in [-0.15, -0.1) is 5.10 Å². The van der Waals surface area contributed by atoms with Crippen LogP contribution in [0.2, 0.25) is 0 Å². The van der Waals surface area contributed by atoms with Gasteiger partial charge in [-0.3, -0.25) is 0 Å². The monoisotopic (exact) mass is 262 g/mol. The van der Waals surface area contributed by atoms with Gasteiger partial charge in [0.25, 0.3) is 0 Å². The van der Waals surface area contributed by atoms with E-state index in [-0.39, 0.29) is 12.3 Å². The van der Waals surface area contributed by atoms with E-state index in [9.17, 15) is 4.79 Å². The van der Waals surface area contributed by atoms with E-state index in [1.54, 1.807) is 32.2 Å². The Kier molecular flexibility index (Phi) is 3.65. The lowest BCUT2D eigenvalue weighted by atomic mass is 10.2. The second kappa shape index (κ2) is 5.38. The molecule has 0 fully saturated rings. The minimum atomic E-state index is -0.513. The lowest BCUT2D eigenvalue weighted by molar-refractivity contribution is 0.0519. The molecule has 1 heterocycles. The van der Waals surface area contributed by atoms with E-state index in [1.807, 2.05) is 0 Å². The number of hydrogen-bond acceptors (Lipinski definition) is 6. The van der Waals surface area contributed by atoms with Crippen LogP contribution < -0.4 is 10.5 Å². The van der Waals surface area contributed by atoms with Crippen molar-refractivity contribution >= 4 is 11.7 Å². The SMILES string of the molecule is CCOC(=O)c1cn(-c2ccc(OC)cc2N)nn1. The number of anilines is 1. The molecule has 7 heteroatoms. The summed E-state index contributed by atoms with van der Waals surface area (Å²) in [6.45, 7) is 2.01. The molecule has 0 atom stereocenters. The molecule has 0 radical (unpaired) electrons. The summed E-state index contributed by atoms with van der Waals surface area (Å²) in [5.41, 5.74) is 7.11. The third kappa shape index (κ3) is 2.65. The molecule has 0 aliphatic heterocycles. The van der Waals surface area contributed by atoms with Crippen LogP contribution in [0.4, 0.5) is 5.69 Å². The number of carbonyl (C=O) groups excluding carboxylic acids is 1. The Morgan fingerprint density at radius 1 is 1.47 bits per heavy atom. The molecule has 19 heavy (non-hydrogen) atoms. The molecule has 0 aliphatic rings. The number of rotatable bonds is 4. The van der Waals surface area contributed by atoms with Crippen molar-refractivity contribution in [3.63, 3.8) is 0 Å². The van der Waals surface area contributed by atoms with Crippen LogP contribution in [0.15, 0.2) is 24.4 Å². The summed E-state index contributed by atoms with van der Waals surface area (Å²) in [4.78, 5) is 11.5. The quantitative estimate of drug-likeness (QED) is 0.653. The number of benzene rings is 1. The van der Waals surface area contributed by atoms with Crippen LogP contribution in [0.25, 0.3) is 5.69 Å². The third-order valence-corrected chi connectivity index (χ3v) is 2.46. The summed E-state index contributed by atoms with van der Waals surface area (Å²) in [5.74, 6) is 0.132. The number of nitrogen functional groups attached to an aromatic ring is 1. The van der Waals surface area contributed by atoms with Gasteiger partial charge in [0.15, 0.2) is 5.69 Å². The van der Waals surface area contributed by atoms with Gasteiger partial charge in [-0.05, 0) is 19.1 Å². The van der Waals surface area contributed by atoms with E-state index in [0.29, 0.717) is 17.1 Å². The Labute approximate surface area is 109 Å². The molecule has 0 aliphatic carbocycles. The van der Waals surface area contributed by atoms with Gasteiger partial charge < -0.3 is 15.2 Å². The van der Waals surface area contributed by atoms with Gasteiger partial charge in [-0.2, -0.15) is 0 Å². The molecule has 7 nitrogen and oxygen atoms in total. The number of hydrogen-bond donors (Lipinski definition) is 1. The first-order valence-electron chi connectivity index (χ1n) is 5.69. The minimum absolute atomic E-state index is 0.136. The molecule has 0 saturated carbocycles. The lowest BCUT2D eigenvalue weighted by Gasteiger charge is -2.06. The summed E-state index contributed by atoms with van der Waals surface area (Å²) < 4.78 is 11.3. The smallest absolute Gasteiger partial charge is 0.360 e. The lowest BCUT2D eigenvalue weighted by Crippen LogP contribution is -2.04. The van der Waals surface area contributed by atoms with Crippen LogP contribution >= 0.6 is 0 Å². The van der Waals surface area contributed by atoms with E-state index < -0.39 is 5.97 Å². The fourth-order valence-corrected chi connectivity index (χ4v) is 1.55. The molecule has 1 aromatic carbocycles. The molecule has 0 bridgehead atoms. The van der Waals surface area contributed by atoms with Crippen LogP contribution in [0, 0.1) is 0 Å². The Balaban J connectivity index is 2.30. The number of nitrogens with zero attached hydrogens (tertiary/aromatic N) is 3. The van der Waals surface area contributed by atoms with E-state index >= 15 is 0 Å². The average Bonchev–Trinajstić information content (AvgIpc) is 2.88. The third-order valence-electron chi connectivity index (χ3n) is 2.46. The van der Waals surface area contributed by atoms with E-state index in [4.69, 9.17) is 15.2 Å². The summed E-state index contributed by atoms with van der Waals surface area (Å²) in [7, 11) is 1.56. The second-order valence-electron chi connectivity index (χ2n) is 3.69. The Morgan fingerprint density at radius 3 is 2.89 bits per heavy atom. The Morgan fingerprint density at radius 2 is 2.26 bits per heavy atom. The van der Waals surface area contributed by atoms with Crippen molar-refractivity contribution < 1.29 is 14.3 Å². The summed E-state index contributed by atoms with van der Waals surface area (Å²) >= 11 is 0. The van der Waals surface area contributed by atoms with Crippen LogP contribution in [-0.4, -0.2) is 34.7 Å². The molecule has 1 aromatic heterocycles.